The standard InChI is InChI=1S/C10H6FN2O/c11-9-6-12-7-13-10(9)14-8-4-2-1-3-5-8/h1-5,7H. The smallest absolute Gasteiger partial charge is 0.259 e. The number of ether oxygens (including phenoxy) is 1. The van der Waals surface area contributed by atoms with Gasteiger partial charge in [-0.05, 0) is 12.1 Å². The van der Waals surface area contributed by atoms with E-state index < -0.39 is 5.82 Å². The van der Waals surface area contributed by atoms with Gasteiger partial charge in [0.15, 0.2) is 0 Å². The minimum absolute atomic E-state index is 0.119. The van der Waals surface area contributed by atoms with Crippen molar-refractivity contribution < 1.29 is 9.13 Å². The molecule has 1 aromatic heterocycles. The van der Waals surface area contributed by atoms with E-state index in [0.29, 0.717) is 5.75 Å². The average molecular weight is 189 g/mol. The maximum absolute atomic E-state index is 13.0. The lowest BCUT2D eigenvalue weighted by Crippen LogP contribution is -1.92. The minimum atomic E-state index is -0.698. The molecule has 1 aromatic carbocycles. The molecule has 4 heteroatoms. The van der Waals surface area contributed by atoms with Crippen LogP contribution in [0.1, 0.15) is 0 Å². The second-order valence-corrected chi connectivity index (χ2v) is 2.52. The van der Waals surface area contributed by atoms with Crippen molar-refractivity contribution in [3.63, 3.8) is 0 Å². The van der Waals surface area contributed by atoms with Crippen LogP contribution in [0.25, 0.3) is 0 Å². The quantitative estimate of drug-likeness (QED) is 0.726. The molecular weight excluding hydrogens is 183 g/mol. The molecule has 0 amide bonds. The Bertz CT molecular complexity index is 419. The number of aromatic nitrogens is 2. The summed E-state index contributed by atoms with van der Waals surface area (Å²) in [6.45, 7) is 0. The molecule has 1 heterocycles. The molecule has 3 nitrogen and oxygen atoms in total. The predicted molar refractivity (Wildman–Crippen MR) is 47.3 cm³/mol. The third-order valence-electron chi connectivity index (χ3n) is 1.54. The van der Waals surface area contributed by atoms with Gasteiger partial charge in [0.25, 0.3) is 5.88 Å². The average Bonchev–Trinajstić information content (AvgIpc) is 2.23. The van der Waals surface area contributed by atoms with Gasteiger partial charge < -0.3 is 4.74 Å². The molecule has 0 fully saturated rings. The fraction of sp³-hybridized carbons (Fsp3) is 0. The SMILES string of the molecule is Fc1[c]ncnc1Oc1ccccc1. The Morgan fingerprint density at radius 2 is 2.00 bits per heavy atom. The molecule has 1 radical (unpaired) electrons. The van der Waals surface area contributed by atoms with Crippen molar-refractivity contribution >= 4 is 0 Å². The van der Waals surface area contributed by atoms with Crippen molar-refractivity contribution in [1.82, 2.24) is 9.97 Å². The molecule has 0 aliphatic rings. The Balaban J connectivity index is 2.24. The number of halogens is 1. The molecule has 2 aromatic rings. The number of hydrogen-bond donors (Lipinski definition) is 0. The zero-order chi connectivity index (χ0) is 9.80. The van der Waals surface area contributed by atoms with Crippen molar-refractivity contribution in [2.24, 2.45) is 0 Å². The molecule has 0 aliphatic heterocycles. The number of benzene rings is 1. The number of para-hydroxylation sites is 1. The monoisotopic (exact) mass is 189 g/mol. The van der Waals surface area contributed by atoms with Crippen LogP contribution >= 0.6 is 0 Å². The van der Waals surface area contributed by atoms with Gasteiger partial charge in [-0.3, -0.25) is 0 Å². The van der Waals surface area contributed by atoms with E-state index in [1.807, 2.05) is 6.07 Å². The lowest BCUT2D eigenvalue weighted by molar-refractivity contribution is 0.419. The Labute approximate surface area is 80.2 Å². The third kappa shape index (κ3) is 1.85. The second-order valence-electron chi connectivity index (χ2n) is 2.52. The Hall–Kier alpha value is -1.97. The Morgan fingerprint density at radius 1 is 1.21 bits per heavy atom. The fourth-order valence-electron chi connectivity index (χ4n) is 0.943. The Morgan fingerprint density at radius 3 is 2.71 bits per heavy atom. The van der Waals surface area contributed by atoms with Gasteiger partial charge in [-0.25, -0.2) is 4.98 Å². The van der Waals surface area contributed by atoms with Crippen molar-refractivity contribution in [3.05, 3.63) is 48.7 Å². The molecule has 0 unspecified atom stereocenters. The summed E-state index contributed by atoms with van der Waals surface area (Å²) in [7, 11) is 0. The van der Waals surface area contributed by atoms with Crippen molar-refractivity contribution in [2.45, 2.75) is 0 Å². The van der Waals surface area contributed by atoms with E-state index >= 15 is 0 Å². The first-order chi connectivity index (χ1) is 6.86. The van der Waals surface area contributed by atoms with E-state index in [9.17, 15) is 4.39 Å². The van der Waals surface area contributed by atoms with Gasteiger partial charge in [-0.15, -0.1) is 0 Å². The van der Waals surface area contributed by atoms with Crippen LogP contribution in [0.4, 0.5) is 4.39 Å². The van der Waals surface area contributed by atoms with Crippen LogP contribution in [-0.2, 0) is 0 Å². The normalized spacial score (nSPS) is 9.79. The third-order valence-corrected chi connectivity index (χ3v) is 1.54. The molecule has 0 saturated heterocycles. The minimum Gasteiger partial charge on any atom is -0.436 e. The van der Waals surface area contributed by atoms with Gasteiger partial charge in [0.05, 0.1) is 0 Å². The van der Waals surface area contributed by atoms with Crippen molar-refractivity contribution in [1.29, 1.82) is 0 Å². The maximum Gasteiger partial charge on any atom is 0.259 e. The summed E-state index contributed by atoms with van der Waals surface area (Å²) < 4.78 is 18.1. The molecule has 0 aliphatic carbocycles. The van der Waals surface area contributed by atoms with Crippen LogP contribution in [-0.4, -0.2) is 9.97 Å². The van der Waals surface area contributed by atoms with E-state index in [-0.39, 0.29) is 5.88 Å². The number of nitrogens with zero attached hydrogens (tertiary/aromatic N) is 2. The molecule has 0 spiro atoms. The summed E-state index contributed by atoms with van der Waals surface area (Å²) in [5.74, 6) is -0.291. The predicted octanol–water partition coefficient (Wildman–Crippen LogP) is 2.21. The summed E-state index contributed by atoms with van der Waals surface area (Å²) in [5, 5.41) is 0. The summed E-state index contributed by atoms with van der Waals surface area (Å²) in [6.07, 6.45) is 3.30. The van der Waals surface area contributed by atoms with Crippen LogP contribution in [0, 0.1) is 12.0 Å². The largest absolute Gasteiger partial charge is 0.436 e. The summed E-state index contributed by atoms with van der Waals surface area (Å²) in [5.41, 5.74) is 0. The first-order valence-corrected chi connectivity index (χ1v) is 3.97. The highest BCUT2D eigenvalue weighted by molar-refractivity contribution is 5.26. The van der Waals surface area contributed by atoms with Gasteiger partial charge in [0, 0.05) is 0 Å². The van der Waals surface area contributed by atoms with E-state index in [1.165, 1.54) is 6.33 Å². The molecule has 0 bridgehead atoms. The van der Waals surface area contributed by atoms with Crippen LogP contribution in [0.5, 0.6) is 11.6 Å². The van der Waals surface area contributed by atoms with Gasteiger partial charge in [-0.2, -0.15) is 9.37 Å². The highest BCUT2D eigenvalue weighted by atomic mass is 19.1. The van der Waals surface area contributed by atoms with E-state index in [2.05, 4.69) is 16.2 Å². The van der Waals surface area contributed by atoms with Gasteiger partial charge in [-0.1, -0.05) is 18.2 Å². The van der Waals surface area contributed by atoms with E-state index in [1.54, 1.807) is 24.3 Å². The first kappa shape index (κ1) is 8.62. The number of hydrogen-bond acceptors (Lipinski definition) is 3. The highest BCUT2D eigenvalue weighted by Gasteiger charge is 2.05. The molecule has 0 atom stereocenters. The van der Waals surface area contributed by atoms with Crippen molar-refractivity contribution in [2.75, 3.05) is 0 Å². The van der Waals surface area contributed by atoms with E-state index in [4.69, 9.17) is 4.74 Å². The molecule has 69 valence electrons. The zero-order valence-corrected chi connectivity index (χ0v) is 7.14. The van der Waals surface area contributed by atoms with Crippen LogP contribution in [0.15, 0.2) is 36.7 Å². The van der Waals surface area contributed by atoms with Gasteiger partial charge in [0.1, 0.15) is 18.3 Å². The number of rotatable bonds is 2. The van der Waals surface area contributed by atoms with Gasteiger partial charge >= 0.3 is 0 Å². The lowest BCUT2D eigenvalue weighted by Gasteiger charge is -2.03. The summed E-state index contributed by atoms with van der Waals surface area (Å²) >= 11 is 0. The van der Waals surface area contributed by atoms with Crippen LogP contribution in [0.3, 0.4) is 0 Å². The highest BCUT2D eigenvalue weighted by Crippen LogP contribution is 2.19. The molecule has 14 heavy (non-hydrogen) atoms. The molecular formula is C10H6FN2O. The van der Waals surface area contributed by atoms with Crippen LogP contribution in [0.2, 0.25) is 0 Å². The first-order valence-electron chi connectivity index (χ1n) is 3.97. The molecule has 0 N–H and O–H groups in total. The zero-order valence-electron chi connectivity index (χ0n) is 7.14. The lowest BCUT2D eigenvalue weighted by atomic mass is 10.3. The van der Waals surface area contributed by atoms with E-state index in [0.717, 1.165) is 0 Å². The van der Waals surface area contributed by atoms with Crippen molar-refractivity contribution in [3.8, 4) is 11.6 Å². The Kier molecular flexibility index (Phi) is 2.36. The molecule has 0 saturated carbocycles. The summed E-state index contributed by atoms with van der Waals surface area (Å²) in [6, 6.07) is 8.84. The second kappa shape index (κ2) is 3.83. The maximum atomic E-state index is 13.0. The van der Waals surface area contributed by atoms with Crippen LogP contribution < -0.4 is 4.74 Å². The summed E-state index contributed by atoms with van der Waals surface area (Å²) in [4.78, 5) is 7.03. The van der Waals surface area contributed by atoms with Gasteiger partial charge in [0.2, 0.25) is 5.82 Å². The fourth-order valence-corrected chi connectivity index (χ4v) is 0.943. The topological polar surface area (TPSA) is 35.0 Å². The molecule has 2 rings (SSSR count).